The maximum Gasteiger partial charge on any atom is 0.270 e. The molecule has 2 rings (SSSR count). The van der Waals surface area contributed by atoms with Gasteiger partial charge < -0.3 is 9.52 Å². The Kier molecular flexibility index (Phi) is 3.49. The minimum atomic E-state index is -0.712. The topological polar surface area (TPSA) is 76.5 Å². The van der Waals surface area contributed by atoms with Gasteiger partial charge in [0.2, 0.25) is 0 Å². The number of nitro benzene ring substituents is 1. The van der Waals surface area contributed by atoms with E-state index in [0.717, 1.165) is 0 Å². The molecule has 1 aromatic heterocycles. The number of nitro groups is 1. The Balaban J connectivity index is 2.48. The van der Waals surface area contributed by atoms with E-state index in [1.54, 1.807) is 25.1 Å². The van der Waals surface area contributed by atoms with Gasteiger partial charge in [-0.2, -0.15) is 0 Å². The Morgan fingerprint density at radius 3 is 2.67 bits per heavy atom. The maximum atomic E-state index is 10.7. The number of halogens is 1. The normalized spacial score (nSPS) is 12.4. The number of benzene rings is 1. The Hall–Kier alpha value is -1.66. The molecule has 1 N–H and O–H groups in total. The molecule has 0 amide bonds. The molecule has 6 heteroatoms. The van der Waals surface area contributed by atoms with E-state index < -0.39 is 11.0 Å². The first-order valence-electron chi connectivity index (χ1n) is 5.21. The van der Waals surface area contributed by atoms with E-state index in [0.29, 0.717) is 21.6 Å². The van der Waals surface area contributed by atoms with Crippen LogP contribution in [0.1, 0.15) is 18.8 Å². The van der Waals surface area contributed by atoms with Crippen molar-refractivity contribution in [3.63, 3.8) is 0 Å². The second-order valence-electron chi connectivity index (χ2n) is 3.80. The highest BCUT2D eigenvalue weighted by Crippen LogP contribution is 2.33. The van der Waals surface area contributed by atoms with Crippen LogP contribution in [0.5, 0.6) is 0 Å². The Morgan fingerprint density at radius 1 is 1.39 bits per heavy atom. The standard InChI is InChI=1S/C12H10BrNO4/c1-7(15)11-4-5-12(18-11)9-6-8(14(16)17)2-3-10(9)13/h2-7,15H,1H3. The van der Waals surface area contributed by atoms with E-state index in [1.165, 1.54) is 12.1 Å². The van der Waals surface area contributed by atoms with Crippen molar-refractivity contribution in [1.82, 2.24) is 0 Å². The highest BCUT2D eigenvalue weighted by atomic mass is 79.9. The second kappa shape index (κ2) is 4.91. The highest BCUT2D eigenvalue weighted by molar-refractivity contribution is 9.10. The van der Waals surface area contributed by atoms with Gasteiger partial charge in [-0.1, -0.05) is 15.9 Å². The van der Waals surface area contributed by atoms with Crippen LogP contribution in [-0.4, -0.2) is 10.0 Å². The number of aliphatic hydroxyl groups excluding tert-OH is 1. The first-order valence-corrected chi connectivity index (χ1v) is 6.00. The summed E-state index contributed by atoms with van der Waals surface area (Å²) in [6, 6.07) is 7.75. The second-order valence-corrected chi connectivity index (χ2v) is 4.65. The van der Waals surface area contributed by atoms with Gasteiger partial charge in [-0.3, -0.25) is 10.1 Å². The molecule has 2 aromatic rings. The third-order valence-corrected chi connectivity index (χ3v) is 3.16. The van der Waals surface area contributed by atoms with Crippen molar-refractivity contribution in [2.24, 2.45) is 0 Å². The number of aliphatic hydroxyl groups is 1. The Morgan fingerprint density at radius 2 is 2.11 bits per heavy atom. The SMILES string of the molecule is CC(O)c1ccc(-c2cc([N+](=O)[O-])ccc2Br)o1. The fourth-order valence-electron chi connectivity index (χ4n) is 1.54. The fraction of sp³-hybridized carbons (Fsp3) is 0.167. The summed E-state index contributed by atoms with van der Waals surface area (Å²) in [6.07, 6.45) is -0.712. The van der Waals surface area contributed by atoms with Gasteiger partial charge in [0.05, 0.1) is 4.92 Å². The lowest BCUT2D eigenvalue weighted by Gasteiger charge is -2.02. The fourth-order valence-corrected chi connectivity index (χ4v) is 1.98. The molecule has 5 nitrogen and oxygen atoms in total. The van der Waals surface area contributed by atoms with Crippen molar-refractivity contribution in [3.05, 3.63) is 50.7 Å². The van der Waals surface area contributed by atoms with Crippen LogP contribution in [0.3, 0.4) is 0 Å². The van der Waals surface area contributed by atoms with E-state index in [4.69, 9.17) is 4.42 Å². The zero-order valence-corrected chi connectivity index (χ0v) is 11.0. The first kappa shape index (κ1) is 12.8. The minimum Gasteiger partial charge on any atom is -0.458 e. The molecule has 94 valence electrons. The van der Waals surface area contributed by atoms with Crippen LogP contribution >= 0.6 is 15.9 Å². The summed E-state index contributed by atoms with van der Waals surface area (Å²) in [7, 11) is 0. The summed E-state index contributed by atoms with van der Waals surface area (Å²) in [4.78, 5) is 10.3. The summed E-state index contributed by atoms with van der Waals surface area (Å²) < 4.78 is 6.14. The summed E-state index contributed by atoms with van der Waals surface area (Å²) in [5.41, 5.74) is 0.569. The third kappa shape index (κ3) is 2.44. The molecule has 0 fully saturated rings. The summed E-state index contributed by atoms with van der Waals surface area (Å²) >= 11 is 3.32. The van der Waals surface area contributed by atoms with Gasteiger partial charge >= 0.3 is 0 Å². The van der Waals surface area contributed by atoms with Crippen LogP contribution < -0.4 is 0 Å². The number of hydrogen-bond acceptors (Lipinski definition) is 4. The zero-order valence-electron chi connectivity index (χ0n) is 9.46. The molecule has 18 heavy (non-hydrogen) atoms. The van der Waals surface area contributed by atoms with Crippen molar-refractivity contribution in [2.45, 2.75) is 13.0 Å². The first-order chi connectivity index (χ1) is 8.49. The van der Waals surface area contributed by atoms with Crippen molar-refractivity contribution < 1.29 is 14.4 Å². The van der Waals surface area contributed by atoms with Crippen LogP contribution in [0.15, 0.2) is 39.2 Å². The zero-order chi connectivity index (χ0) is 13.3. The van der Waals surface area contributed by atoms with Crippen molar-refractivity contribution in [2.75, 3.05) is 0 Å². The predicted octanol–water partition coefficient (Wildman–Crippen LogP) is 3.67. The number of non-ortho nitro benzene ring substituents is 1. The lowest BCUT2D eigenvalue weighted by Crippen LogP contribution is -1.89. The average Bonchev–Trinajstić information content (AvgIpc) is 2.78. The van der Waals surface area contributed by atoms with Gasteiger partial charge in [-0.15, -0.1) is 0 Å². The van der Waals surface area contributed by atoms with Gasteiger partial charge in [-0.25, -0.2) is 0 Å². The lowest BCUT2D eigenvalue weighted by atomic mass is 10.1. The Bertz CT molecular complexity index is 592. The molecule has 0 saturated carbocycles. The monoisotopic (exact) mass is 311 g/mol. The quantitative estimate of drug-likeness (QED) is 0.693. The third-order valence-electron chi connectivity index (χ3n) is 2.46. The summed E-state index contributed by atoms with van der Waals surface area (Å²) in [6.45, 7) is 1.59. The number of nitrogens with zero attached hydrogens (tertiary/aromatic N) is 1. The molecular formula is C12H10BrNO4. The molecule has 0 spiro atoms. The van der Waals surface area contributed by atoms with Crippen LogP contribution in [0.25, 0.3) is 11.3 Å². The average molecular weight is 312 g/mol. The largest absolute Gasteiger partial charge is 0.458 e. The summed E-state index contributed by atoms with van der Waals surface area (Å²) in [5.74, 6) is 0.893. The van der Waals surface area contributed by atoms with Crippen molar-refractivity contribution in [3.8, 4) is 11.3 Å². The van der Waals surface area contributed by atoms with E-state index >= 15 is 0 Å². The van der Waals surface area contributed by atoms with Gasteiger partial charge in [-0.05, 0) is 25.1 Å². The molecule has 1 unspecified atom stereocenters. The molecule has 0 radical (unpaired) electrons. The lowest BCUT2D eigenvalue weighted by molar-refractivity contribution is -0.384. The highest BCUT2D eigenvalue weighted by Gasteiger charge is 2.15. The molecule has 1 aromatic carbocycles. The Labute approximate surface area is 111 Å². The molecule has 0 aliphatic rings. The van der Waals surface area contributed by atoms with E-state index in [2.05, 4.69) is 15.9 Å². The van der Waals surface area contributed by atoms with Crippen LogP contribution in [0.2, 0.25) is 0 Å². The minimum absolute atomic E-state index is 0.0109. The molecule has 0 aliphatic heterocycles. The van der Waals surface area contributed by atoms with Crippen LogP contribution in [0, 0.1) is 10.1 Å². The summed E-state index contributed by atoms with van der Waals surface area (Å²) in [5, 5.41) is 20.1. The number of furan rings is 1. The molecule has 0 bridgehead atoms. The predicted molar refractivity (Wildman–Crippen MR) is 69.1 cm³/mol. The molecule has 0 aliphatic carbocycles. The van der Waals surface area contributed by atoms with Crippen molar-refractivity contribution >= 4 is 21.6 Å². The van der Waals surface area contributed by atoms with E-state index in [1.807, 2.05) is 0 Å². The van der Waals surface area contributed by atoms with Crippen LogP contribution in [0.4, 0.5) is 5.69 Å². The van der Waals surface area contributed by atoms with Gasteiger partial charge in [0.25, 0.3) is 5.69 Å². The van der Waals surface area contributed by atoms with Crippen LogP contribution in [-0.2, 0) is 0 Å². The smallest absolute Gasteiger partial charge is 0.270 e. The number of rotatable bonds is 3. The molecule has 1 atom stereocenters. The number of hydrogen-bond donors (Lipinski definition) is 1. The maximum absolute atomic E-state index is 10.7. The van der Waals surface area contributed by atoms with Gasteiger partial charge in [0.1, 0.15) is 17.6 Å². The molecular weight excluding hydrogens is 302 g/mol. The molecule has 0 saturated heterocycles. The molecule has 1 heterocycles. The van der Waals surface area contributed by atoms with E-state index in [-0.39, 0.29) is 5.69 Å². The van der Waals surface area contributed by atoms with E-state index in [9.17, 15) is 15.2 Å². The van der Waals surface area contributed by atoms with Crippen molar-refractivity contribution in [1.29, 1.82) is 0 Å². The van der Waals surface area contributed by atoms with Gasteiger partial charge in [0.15, 0.2) is 0 Å². The van der Waals surface area contributed by atoms with Gasteiger partial charge in [0, 0.05) is 22.2 Å².